The van der Waals surface area contributed by atoms with E-state index in [1.807, 2.05) is 0 Å². The molecule has 0 spiro atoms. The van der Waals surface area contributed by atoms with Crippen LogP contribution < -0.4 is 0 Å². The van der Waals surface area contributed by atoms with Gasteiger partial charge in [0.25, 0.3) is 0 Å². The number of ketones is 3. The second-order valence-corrected chi connectivity index (χ2v) is 3.58. The molecule has 0 saturated carbocycles. The van der Waals surface area contributed by atoms with Crippen LogP contribution in [0.2, 0.25) is 0 Å². The Morgan fingerprint density at radius 1 is 0.769 bits per heavy atom. The fourth-order valence-corrected chi connectivity index (χ4v) is 1.44. The monoisotopic (exact) mass is 184 g/mol. The van der Waals surface area contributed by atoms with E-state index < -0.39 is 0 Å². The van der Waals surface area contributed by atoms with Crippen molar-refractivity contribution in [3.8, 4) is 0 Å². The lowest BCUT2D eigenvalue weighted by Crippen LogP contribution is -2.13. The minimum atomic E-state index is -0.0903. The standard InChI is InChI=1S/C10H16O3/c1-7(11)4-10(5-8(2)12)6-9(3)13/h10H,4-6H2,1-3H3. The highest BCUT2D eigenvalue weighted by Crippen LogP contribution is 2.14. The molecule has 0 aliphatic carbocycles. The predicted molar refractivity (Wildman–Crippen MR) is 49.4 cm³/mol. The molecule has 0 aromatic heterocycles. The van der Waals surface area contributed by atoms with Crippen LogP contribution in [0.25, 0.3) is 0 Å². The van der Waals surface area contributed by atoms with Crippen LogP contribution in [0.4, 0.5) is 0 Å². The van der Waals surface area contributed by atoms with Crippen LogP contribution in [0, 0.1) is 5.92 Å². The van der Waals surface area contributed by atoms with Crippen molar-refractivity contribution < 1.29 is 14.4 Å². The van der Waals surface area contributed by atoms with Crippen molar-refractivity contribution >= 4 is 17.3 Å². The Balaban J connectivity index is 4.10. The molecule has 0 rings (SSSR count). The number of hydrogen-bond acceptors (Lipinski definition) is 3. The van der Waals surface area contributed by atoms with Gasteiger partial charge in [-0.25, -0.2) is 0 Å². The zero-order valence-electron chi connectivity index (χ0n) is 8.42. The van der Waals surface area contributed by atoms with Gasteiger partial charge in [-0.2, -0.15) is 0 Å². The van der Waals surface area contributed by atoms with Gasteiger partial charge in [-0.3, -0.25) is 0 Å². The van der Waals surface area contributed by atoms with Gasteiger partial charge < -0.3 is 14.4 Å². The van der Waals surface area contributed by atoms with Gasteiger partial charge in [0.05, 0.1) is 0 Å². The molecule has 0 N–H and O–H groups in total. The average molecular weight is 184 g/mol. The van der Waals surface area contributed by atoms with Gasteiger partial charge in [-0.1, -0.05) is 0 Å². The number of carbonyl (C=O) groups is 3. The molecule has 0 heterocycles. The molecule has 0 aromatic rings. The maximum absolute atomic E-state index is 10.8. The zero-order chi connectivity index (χ0) is 10.4. The van der Waals surface area contributed by atoms with Gasteiger partial charge in [-0.15, -0.1) is 0 Å². The third kappa shape index (κ3) is 7.37. The Morgan fingerprint density at radius 3 is 1.15 bits per heavy atom. The third-order valence-electron chi connectivity index (χ3n) is 1.73. The number of rotatable bonds is 6. The summed E-state index contributed by atoms with van der Waals surface area (Å²) in [7, 11) is 0. The van der Waals surface area contributed by atoms with Crippen LogP contribution in [0.5, 0.6) is 0 Å². The van der Waals surface area contributed by atoms with Crippen LogP contribution in [0.15, 0.2) is 0 Å². The molecular weight excluding hydrogens is 168 g/mol. The molecule has 0 aliphatic rings. The molecule has 0 atom stereocenters. The Labute approximate surface area is 78.5 Å². The Hall–Kier alpha value is -0.990. The van der Waals surface area contributed by atoms with Crippen LogP contribution in [0.1, 0.15) is 40.0 Å². The summed E-state index contributed by atoms with van der Waals surface area (Å²) in [6, 6.07) is 0. The van der Waals surface area contributed by atoms with Crippen molar-refractivity contribution in [1.29, 1.82) is 0 Å². The highest BCUT2D eigenvalue weighted by Gasteiger charge is 2.15. The normalized spacial score (nSPS) is 10.2. The fourth-order valence-electron chi connectivity index (χ4n) is 1.44. The predicted octanol–water partition coefficient (Wildman–Crippen LogP) is 1.54. The number of Topliss-reactive ketones (excluding diaryl/α,β-unsaturated/α-hetero) is 3. The van der Waals surface area contributed by atoms with Crippen molar-refractivity contribution in [3.05, 3.63) is 0 Å². The summed E-state index contributed by atoms with van der Waals surface area (Å²) in [6.45, 7) is 4.44. The number of carbonyl (C=O) groups excluding carboxylic acids is 3. The van der Waals surface area contributed by atoms with Crippen LogP contribution in [-0.2, 0) is 14.4 Å². The van der Waals surface area contributed by atoms with Gasteiger partial charge in [0.15, 0.2) is 0 Å². The summed E-state index contributed by atoms with van der Waals surface area (Å²) in [6.07, 6.45) is 0.998. The highest BCUT2D eigenvalue weighted by molar-refractivity contribution is 5.82. The smallest absolute Gasteiger partial charge is 0.130 e. The lowest BCUT2D eigenvalue weighted by atomic mass is 9.92. The van der Waals surface area contributed by atoms with Gasteiger partial charge in [0.1, 0.15) is 17.3 Å². The van der Waals surface area contributed by atoms with Crippen molar-refractivity contribution in [3.63, 3.8) is 0 Å². The summed E-state index contributed by atoms with van der Waals surface area (Å²) in [5.41, 5.74) is 0. The van der Waals surface area contributed by atoms with Gasteiger partial charge in [-0.05, 0) is 26.7 Å². The Morgan fingerprint density at radius 2 is 1.00 bits per heavy atom. The maximum atomic E-state index is 10.8. The molecule has 0 saturated heterocycles. The second-order valence-electron chi connectivity index (χ2n) is 3.58. The van der Waals surface area contributed by atoms with Crippen LogP contribution in [-0.4, -0.2) is 17.3 Å². The second kappa shape index (κ2) is 5.62. The Kier molecular flexibility index (Phi) is 5.19. The van der Waals surface area contributed by atoms with Crippen molar-refractivity contribution in [1.82, 2.24) is 0 Å². The molecule has 0 unspecified atom stereocenters. The molecule has 74 valence electrons. The SMILES string of the molecule is CC(=O)CC(CC(C)=O)CC(C)=O. The van der Waals surface area contributed by atoms with E-state index in [0.717, 1.165) is 0 Å². The first-order valence-corrected chi connectivity index (χ1v) is 4.40. The lowest BCUT2D eigenvalue weighted by molar-refractivity contribution is -0.121. The first-order chi connectivity index (χ1) is 5.91. The van der Waals surface area contributed by atoms with E-state index in [-0.39, 0.29) is 23.3 Å². The quantitative estimate of drug-likeness (QED) is 0.629. The van der Waals surface area contributed by atoms with E-state index in [0.29, 0.717) is 19.3 Å². The summed E-state index contributed by atoms with van der Waals surface area (Å²) in [5.74, 6) is 0.0139. The van der Waals surface area contributed by atoms with Crippen molar-refractivity contribution in [2.24, 2.45) is 5.92 Å². The molecule has 0 aromatic carbocycles. The van der Waals surface area contributed by atoms with E-state index in [1.54, 1.807) is 0 Å². The average Bonchev–Trinajstić information content (AvgIpc) is 1.80. The molecule has 0 radical (unpaired) electrons. The molecule has 0 bridgehead atoms. The molecule has 3 heteroatoms. The van der Waals surface area contributed by atoms with Gasteiger partial charge in [0.2, 0.25) is 0 Å². The van der Waals surface area contributed by atoms with Crippen molar-refractivity contribution in [2.75, 3.05) is 0 Å². The maximum Gasteiger partial charge on any atom is 0.130 e. The summed E-state index contributed by atoms with van der Waals surface area (Å²) >= 11 is 0. The van der Waals surface area contributed by atoms with Crippen LogP contribution in [0.3, 0.4) is 0 Å². The van der Waals surface area contributed by atoms with Crippen molar-refractivity contribution in [2.45, 2.75) is 40.0 Å². The first kappa shape index (κ1) is 12.0. The largest absolute Gasteiger partial charge is 0.300 e. The zero-order valence-corrected chi connectivity index (χ0v) is 8.42. The third-order valence-corrected chi connectivity index (χ3v) is 1.73. The first-order valence-electron chi connectivity index (χ1n) is 4.40. The summed E-state index contributed by atoms with van der Waals surface area (Å²) < 4.78 is 0. The summed E-state index contributed by atoms with van der Waals surface area (Å²) in [4.78, 5) is 32.4. The van der Waals surface area contributed by atoms with E-state index in [9.17, 15) is 14.4 Å². The molecule has 0 amide bonds. The molecule has 0 fully saturated rings. The molecule has 0 aliphatic heterocycles. The lowest BCUT2D eigenvalue weighted by Gasteiger charge is -2.10. The van der Waals surface area contributed by atoms with Crippen LogP contribution >= 0.6 is 0 Å². The fraction of sp³-hybridized carbons (Fsp3) is 0.700. The highest BCUT2D eigenvalue weighted by atomic mass is 16.1. The summed E-state index contributed by atoms with van der Waals surface area (Å²) in [5, 5.41) is 0. The molecule has 3 nitrogen and oxygen atoms in total. The minimum absolute atomic E-state index is 0.0347. The van der Waals surface area contributed by atoms with Gasteiger partial charge in [0, 0.05) is 19.3 Å². The van der Waals surface area contributed by atoms with Gasteiger partial charge >= 0.3 is 0 Å². The van der Waals surface area contributed by atoms with E-state index in [1.165, 1.54) is 20.8 Å². The molecule has 13 heavy (non-hydrogen) atoms. The minimum Gasteiger partial charge on any atom is -0.300 e. The molecular formula is C10H16O3. The van der Waals surface area contributed by atoms with E-state index in [2.05, 4.69) is 0 Å². The Bertz CT molecular complexity index is 180. The number of hydrogen-bond donors (Lipinski definition) is 0. The van der Waals surface area contributed by atoms with E-state index >= 15 is 0 Å². The van der Waals surface area contributed by atoms with E-state index in [4.69, 9.17) is 0 Å². The topological polar surface area (TPSA) is 51.2 Å².